The molecule has 1 aromatic carbocycles. The summed E-state index contributed by atoms with van der Waals surface area (Å²) in [4.78, 5) is 10.9. The van der Waals surface area contributed by atoms with Gasteiger partial charge in [0.1, 0.15) is 5.58 Å². The molecule has 0 spiro atoms. The number of nitrogens with two attached hydrogens (primary N) is 1. The maximum atomic E-state index is 11.0. The molecule has 3 rings (SSSR count). The minimum Gasteiger partial charge on any atom is -0.465 e. The van der Waals surface area contributed by atoms with Gasteiger partial charge in [0.15, 0.2) is 5.58 Å². The second kappa shape index (κ2) is 8.68. The second-order valence-corrected chi connectivity index (χ2v) is 7.17. The van der Waals surface area contributed by atoms with Crippen molar-refractivity contribution in [3.63, 3.8) is 0 Å². The number of hydrogen-bond acceptors (Lipinski definition) is 6. The van der Waals surface area contributed by atoms with Crippen LogP contribution in [0, 0.1) is 0 Å². The molecule has 0 fully saturated rings. The van der Waals surface area contributed by atoms with E-state index in [0.29, 0.717) is 0 Å². The summed E-state index contributed by atoms with van der Waals surface area (Å²) < 4.78 is 31.7. The highest BCUT2D eigenvalue weighted by Crippen LogP contribution is 2.26. The van der Waals surface area contributed by atoms with Gasteiger partial charge in [-0.1, -0.05) is 19.4 Å². The van der Waals surface area contributed by atoms with Crippen molar-refractivity contribution >= 4 is 32.8 Å². The highest BCUT2D eigenvalue weighted by Gasteiger charge is 2.11. The van der Waals surface area contributed by atoms with Crippen LogP contribution in [-0.4, -0.2) is 28.0 Å². The molecule has 8 heteroatoms. The van der Waals surface area contributed by atoms with Gasteiger partial charge in [-0.05, 0) is 36.8 Å². The van der Waals surface area contributed by atoms with Gasteiger partial charge in [0.05, 0.1) is 23.3 Å². The highest BCUT2D eigenvalue weighted by molar-refractivity contribution is 7.89. The molecule has 0 saturated heterocycles. The lowest BCUT2D eigenvalue weighted by atomic mass is 10.2. The van der Waals surface area contributed by atoms with Crippen molar-refractivity contribution < 1.29 is 22.4 Å². The van der Waals surface area contributed by atoms with Crippen LogP contribution in [0.2, 0.25) is 0 Å². The fraction of sp³-hybridized carbons (Fsp3) is 0.278. The SMILES string of the molecule is CCCCNc1cc2ccc1o2.COC(=O)c1cccc(S(N)(=O)=O)c1. The number of primary sulfonamides is 1. The molecule has 0 amide bonds. The van der Waals surface area contributed by atoms with Crippen LogP contribution in [0.3, 0.4) is 0 Å². The van der Waals surface area contributed by atoms with E-state index >= 15 is 0 Å². The Morgan fingerprint density at radius 3 is 2.54 bits per heavy atom. The van der Waals surface area contributed by atoms with Crippen LogP contribution in [0.1, 0.15) is 30.1 Å². The summed E-state index contributed by atoms with van der Waals surface area (Å²) in [5, 5.41) is 8.23. The van der Waals surface area contributed by atoms with Crippen molar-refractivity contribution in [2.24, 2.45) is 5.14 Å². The van der Waals surface area contributed by atoms with Gasteiger partial charge in [-0.25, -0.2) is 18.4 Å². The van der Waals surface area contributed by atoms with E-state index in [1.807, 2.05) is 18.2 Å². The molecule has 3 aromatic rings. The van der Waals surface area contributed by atoms with Gasteiger partial charge in [-0.2, -0.15) is 0 Å². The molecule has 0 aliphatic rings. The molecule has 0 aliphatic carbocycles. The van der Waals surface area contributed by atoms with Crippen molar-refractivity contribution in [3.05, 3.63) is 48.0 Å². The number of esters is 1. The van der Waals surface area contributed by atoms with Crippen LogP contribution < -0.4 is 10.5 Å². The number of methoxy groups -OCH3 is 1. The number of carbonyl (C=O) groups is 1. The molecule has 7 nitrogen and oxygen atoms in total. The lowest BCUT2D eigenvalue weighted by molar-refractivity contribution is 0.0600. The first-order valence-corrected chi connectivity index (χ1v) is 9.66. The van der Waals surface area contributed by atoms with Gasteiger partial charge < -0.3 is 14.5 Å². The molecule has 0 unspecified atom stereocenters. The Morgan fingerprint density at radius 1 is 1.23 bits per heavy atom. The van der Waals surface area contributed by atoms with Crippen LogP contribution >= 0.6 is 0 Å². The minimum atomic E-state index is -3.77. The smallest absolute Gasteiger partial charge is 0.337 e. The van der Waals surface area contributed by atoms with E-state index < -0.39 is 16.0 Å². The zero-order chi connectivity index (χ0) is 19.2. The Morgan fingerprint density at radius 2 is 2.00 bits per heavy atom. The lowest BCUT2D eigenvalue weighted by Crippen LogP contribution is -2.13. The topological polar surface area (TPSA) is 112 Å². The monoisotopic (exact) mass is 378 g/mol. The van der Waals surface area contributed by atoms with Crippen LogP contribution in [0.4, 0.5) is 5.69 Å². The van der Waals surface area contributed by atoms with Gasteiger partial charge in [0.2, 0.25) is 10.0 Å². The average molecular weight is 378 g/mol. The number of unbranched alkanes of at least 4 members (excludes halogenated alkanes) is 1. The Kier molecular flexibility index (Phi) is 6.59. The van der Waals surface area contributed by atoms with Gasteiger partial charge >= 0.3 is 5.97 Å². The minimum absolute atomic E-state index is 0.111. The fourth-order valence-corrected chi connectivity index (χ4v) is 2.80. The van der Waals surface area contributed by atoms with E-state index in [9.17, 15) is 13.2 Å². The van der Waals surface area contributed by atoms with Crippen molar-refractivity contribution in [2.75, 3.05) is 19.0 Å². The zero-order valence-corrected chi connectivity index (χ0v) is 15.5. The van der Waals surface area contributed by atoms with Gasteiger partial charge in [0.25, 0.3) is 0 Å². The summed E-state index contributed by atoms with van der Waals surface area (Å²) in [5.41, 5.74) is 3.23. The first-order valence-electron chi connectivity index (χ1n) is 8.12. The summed E-state index contributed by atoms with van der Waals surface area (Å²) >= 11 is 0. The molecule has 2 aromatic heterocycles. The van der Waals surface area contributed by atoms with Gasteiger partial charge in [0, 0.05) is 12.6 Å². The van der Waals surface area contributed by atoms with Crippen LogP contribution in [0.5, 0.6) is 0 Å². The Bertz CT molecular complexity index is 949. The van der Waals surface area contributed by atoms with E-state index in [4.69, 9.17) is 9.56 Å². The van der Waals surface area contributed by atoms with Crippen molar-refractivity contribution in [2.45, 2.75) is 24.7 Å². The molecular formula is C18H22N2O5S. The number of anilines is 1. The van der Waals surface area contributed by atoms with Crippen molar-refractivity contribution in [3.8, 4) is 0 Å². The number of carbonyl (C=O) groups excluding carboxylic acids is 1. The molecule has 140 valence electrons. The van der Waals surface area contributed by atoms with E-state index in [0.717, 1.165) is 23.4 Å². The normalized spacial score (nSPS) is 11.0. The first kappa shape index (κ1) is 19.7. The second-order valence-electron chi connectivity index (χ2n) is 5.60. The largest absolute Gasteiger partial charge is 0.465 e. The zero-order valence-electron chi connectivity index (χ0n) is 14.7. The standard InChI is InChI=1S/C10H13NO.C8H9NO4S/c1-2-3-6-11-9-7-8-4-5-10(9)12-8;1-13-8(10)6-3-2-4-7(5-6)14(9,11)12/h4-5,7,11H,2-3,6H2,1H3;2-5H,1H3,(H2,9,11,12). The number of hydrogen-bond donors (Lipinski definition) is 2. The fourth-order valence-electron chi connectivity index (χ4n) is 2.24. The molecular weight excluding hydrogens is 356 g/mol. The maximum absolute atomic E-state index is 11.0. The van der Waals surface area contributed by atoms with Crippen molar-refractivity contribution in [1.29, 1.82) is 0 Å². The third-order valence-electron chi connectivity index (χ3n) is 3.61. The highest BCUT2D eigenvalue weighted by atomic mass is 32.2. The lowest BCUT2D eigenvalue weighted by Gasteiger charge is -2.01. The molecule has 2 heterocycles. The average Bonchev–Trinajstić information content (AvgIpc) is 3.24. The number of benzene rings is 2. The van der Waals surface area contributed by atoms with E-state index in [-0.39, 0.29) is 10.5 Å². The third-order valence-corrected chi connectivity index (χ3v) is 4.52. The Balaban J connectivity index is 0.000000189. The number of sulfonamides is 1. The summed E-state index contributed by atoms with van der Waals surface area (Å²) in [6.45, 7) is 3.23. The maximum Gasteiger partial charge on any atom is 0.337 e. The van der Waals surface area contributed by atoms with E-state index in [2.05, 4.69) is 17.0 Å². The molecule has 0 saturated carbocycles. The van der Waals surface area contributed by atoms with Crippen molar-refractivity contribution in [1.82, 2.24) is 0 Å². The molecule has 0 aliphatic heterocycles. The summed E-state index contributed by atoms with van der Waals surface area (Å²) in [6.07, 6.45) is 2.44. The van der Waals surface area contributed by atoms with E-state index in [1.165, 1.54) is 44.2 Å². The molecule has 0 radical (unpaired) electrons. The Hall–Kier alpha value is -2.58. The number of ether oxygens (including phenoxy) is 1. The Labute approximate surface area is 152 Å². The molecule has 3 N–H and O–H groups in total. The number of fused-ring (bicyclic) bond motifs is 2. The number of nitrogens with one attached hydrogen (secondary N) is 1. The van der Waals surface area contributed by atoms with Crippen LogP contribution in [-0.2, 0) is 14.8 Å². The summed E-state index contributed by atoms with van der Waals surface area (Å²) in [7, 11) is -2.56. The third kappa shape index (κ3) is 5.21. The van der Waals surface area contributed by atoms with Gasteiger partial charge in [-0.15, -0.1) is 0 Å². The number of rotatable bonds is 6. The summed E-state index contributed by atoms with van der Waals surface area (Å²) in [5.74, 6) is -0.601. The van der Waals surface area contributed by atoms with Gasteiger partial charge in [-0.3, -0.25) is 0 Å². The molecule has 0 atom stereocenters. The first-order chi connectivity index (χ1) is 12.3. The molecule has 26 heavy (non-hydrogen) atoms. The van der Waals surface area contributed by atoms with Crippen LogP contribution in [0.25, 0.3) is 11.2 Å². The molecule has 2 bridgehead atoms. The predicted octanol–water partition coefficient (Wildman–Crippen LogP) is 3.20. The van der Waals surface area contributed by atoms with E-state index in [1.54, 1.807) is 0 Å². The van der Waals surface area contributed by atoms with Crippen LogP contribution in [0.15, 0.2) is 51.8 Å². The quantitative estimate of drug-likeness (QED) is 0.503. The number of furan rings is 2. The predicted molar refractivity (Wildman–Crippen MR) is 100.0 cm³/mol. The summed E-state index contributed by atoms with van der Waals surface area (Å²) in [6, 6.07) is 11.4.